The summed E-state index contributed by atoms with van der Waals surface area (Å²) in [4.78, 5) is 26.1. The maximum atomic E-state index is 12.5. The van der Waals surface area contributed by atoms with E-state index in [1.165, 1.54) is 0 Å². The maximum Gasteiger partial charge on any atom is 0.163 e. The van der Waals surface area contributed by atoms with Gasteiger partial charge < -0.3 is 0 Å². The Morgan fingerprint density at radius 1 is 0.586 bits per heavy atom. The Labute approximate surface area is 176 Å². The summed E-state index contributed by atoms with van der Waals surface area (Å²) in [6.07, 6.45) is 2.22. The van der Waals surface area contributed by atoms with Crippen LogP contribution in [0.1, 0.15) is 46.4 Å². The molecule has 3 aromatic carbocycles. The summed E-state index contributed by atoms with van der Waals surface area (Å²) in [5, 5.41) is 2.10. The minimum atomic E-state index is 0.135. The minimum absolute atomic E-state index is 0.135. The second-order valence-corrected chi connectivity index (χ2v) is 7.73. The largest absolute Gasteiger partial charge is 0.294 e. The van der Waals surface area contributed by atoms with Gasteiger partial charge in [-0.2, -0.15) is 0 Å². The molecule has 29 heavy (non-hydrogen) atoms. The van der Waals surface area contributed by atoms with Gasteiger partial charge in [-0.1, -0.05) is 96.2 Å². The van der Waals surface area contributed by atoms with Gasteiger partial charge in [0, 0.05) is 28.9 Å². The van der Waals surface area contributed by atoms with Crippen molar-refractivity contribution in [1.82, 2.24) is 0 Å². The lowest BCUT2D eigenvalue weighted by molar-refractivity contribution is 0.0980. The average molecular weight is 401 g/mol. The fourth-order valence-electron chi connectivity index (χ4n) is 2.98. The number of hydrogen-bond acceptors (Lipinski definition) is 3. The molecule has 0 amide bonds. The zero-order valence-electron chi connectivity index (χ0n) is 16.3. The molecule has 2 nitrogen and oxygen atoms in total. The number of rotatable bonds is 10. The van der Waals surface area contributed by atoms with Crippen molar-refractivity contribution in [3.63, 3.8) is 0 Å². The Morgan fingerprint density at radius 3 is 1.45 bits per heavy atom. The van der Waals surface area contributed by atoms with Crippen LogP contribution < -0.4 is 0 Å². The molecular formula is C26H24O2S. The molecule has 0 heterocycles. The highest BCUT2D eigenvalue weighted by Gasteiger charge is 2.10. The molecule has 3 aromatic rings. The van der Waals surface area contributed by atoms with E-state index in [-0.39, 0.29) is 11.6 Å². The fraction of sp³-hybridized carbons (Fsp3) is 0.154. The molecule has 0 fully saturated rings. The summed E-state index contributed by atoms with van der Waals surface area (Å²) in [5.41, 5.74) is 2.61. The molecule has 0 saturated heterocycles. The van der Waals surface area contributed by atoms with Crippen LogP contribution in [-0.2, 0) is 0 Å². The quantitative estimate of drug-likeness (QED) is 0.272. The van der Waals surface area contributed by atoms with E-state index in [1.54, 1.807) is 11.8 Å². The van der Waals surface area contributed by atoms with Crippen molar-refractivity contribution in [3.8, 4) is 0 Å². The highest BCUT2D eigenvalue weighted by atomic mass is 32.2. The van der Waals surface area contributed by atoms with Gasteiger partial charge in [-0.3, -0.25) is 9.59 Å². The lowest BCUT2D eigenvalue weighted by atomic mass is 9.98. The highest BCUT2D eigenvalue weighted by molar-refractivity contribution is 8.02. The van der Waals surface area contributed by atoms with Crippen LogP contribution in [0.25, 0.3) is 0 Å². The van der Waals surface area contributed by atoms with E-state index < -0.39 is 0 Å². The van der Waals surface area contributed by atoms with Crippen molar-refractivity contribution in [3.05, 3.63) is 113 Å². The standard InChI is InChI=1S/C26H24O2S/c27-25(22-10-4-1-5-11-22)18-16-21(20-29-24-14-8-3-9-15-24)17-19-26(28)23-12-6-2-7-13-23/h1-15,20H,16-19H2. The van der Waals surface area contributed by atoms with E-state index in [0.29, 0.717) is 25.7 Å². The maximum absolute atomic E-state index is 12.5. The molecule has 0 N–H and O–H groups in total. The molecule has 0 radical (unpaired) electrons. The molecule has 0 unspecified atom stereocenters. The molecule has 3 rings (SSSR count). The molecule has 0 aliphatic carbocycles. The van der Waals surface area contributed by atoms with E-state index in [1.807, 2.05) is 78.9 Å². The fourth-order valence-corrected chi connectivity index (χ4v) is 3.83. The van der Waals surface area contributed by atoms with Gasteiger partial charge in [0.25, 0.3) is 0 Å². The molecule has 146 valence electrons. The van der Waals surface area contributed by atoms with Crippen LogP contribution in [0.4, 0.5) is 0 Å². The van der Waals surface area contributed by atoms with Crippen molar-refractivity contribution in [1.29, 1.82) is 0 Å². The Morgan fingerprint density at radius 2 is 1.00 bits per heavy atom. The minimum Gasteiger partial charge on any atom is -0.294 e. The van der Waals surface area contributed by atoms with Gasteiger partial charge in [-0.25, -0.2) is 0 Å². The summed E-state index contributed by atoms with van der Waals surface area (Å²) < 4.78 is 0. The van der Waals surface area contributed by atoms with Crippen LogP contribution >= 0.6 is 11.8 Å². The van der Waals surface area contributed by atoms with Gasteiger partial charge in [-0.05, 0) is 30.4 Å². The number of Topliss-reactive ketones (excluding diaryl/α,β-unsaturated/α-hetero) is 2. The lowest BCUT2D eigenvalue weighted by Crippen LogP contribution is -2.02. The first-order chi connectivity index (χ1) is 14.2. The molecule has 0 aliphatic heterocycles. The number of hydrogen-bond donors (Lipinski definition) is 0. The van der Waals surface area contributed by atoms with Crippen molar-refractivity contribution in [2.75, 3.05) is 0 Å². The Balaban J connectivity index is 1.64. The summed E-state index contributed by atoms with van der Waals surface area (Å²) >= 11 is 1.64. The van der Waals surface area contributed by atoms with Crippen molar-refractivity contribution < 1.29 is 9.59 Å². The van der Waals surface area contributed by atoms with Crippen LogP contribution in [-0.4, -0.2) is 11.6 Å². The number of ketones is 2. The van der Waals surface area contributed by atoms with E-state index in [0.717, 1.165) is 21.6 Å². The first-order valence-electron chi connectivity index (χ1n) is 9.78. The molecule has 0 spiro atoms. The molecule has 0 aliphatic rings. The molecule has 0 aromatic heterocycles. The van der Waals surface area contributed by atoms with E-state index in [9.17, 15) is 9.59 Å². The third kappa shape index (κ3) is 6.88. The van der Waals surface area contributed by atoms with E-state index >= 15 is 0 Å². The van der Waals surface area contributed by atoms with Crippen molar-refractivity contribution in [2.24, 2.45) is 0 Å². The second kappa shape index (κ2) is 11.2. The van der Waals surface area contributed by atoms with Gasteiger partial charge in [0.05, 0.1) is 0 Å². The Bertz CT molecular complexity index is 890. The molecule has 3 heteroatoms. The summed E-state index contributed by atoms with van der Waals surface area (Å²) in [5.74, 6) is 0.270. The van der Waals surface area contributed by atoms with Crippen molar-refractivity contribution >= 4 is 23.3 Å². The first kappa shape index (κ1) is 20.8. The summed E-state index contributed by atoms with van der Waals surface area (Å²) in [7, 11) is 0. The zero-order chi connectivity index (χ0) is 20.3. The SMILES string of the molecule is O=C(CCC(=CSc1ccccc1)CCC(=O)c1ccccc1)c1ccccc1. The predicted molar refractivity (Wildman–Crippen MR) is 120 cm³/mol. The highest BCUT2D eigenvalue weighted by Crippen LogP contribution is 2.25. The predicted octanol–water partition coefficient (Wildman–Crippen LogP) is 6.99. The van der Waals surface area contributed by atoms with E-state index in [4.69, 9.17) is 0 Å². The van der Waals surface area contributed by atoms with Crippen LogP contribution in [0.15, 0.2) is 107 Å². The molecular weight excluding hydrogens is 376 g/mol. The Kier molecular flexibility index (Phi) is 8.02. The van der Waals surface area contributed by atoms with E-state index in [2.05, 4.69) is 17.5 Å². The number of thioether (sulfide) groups is 1. The van der Waals surface area contributed by atoms with Crippen LogP contribution in [0.2, 0.25) is 0 Å². The third-order valence-corrected chi connectivity index (χ3v) is 5.64. The van der Waals surface area contributed by atoms with Gasteiger partial charge in [0.2, 0.25) is 0 Å². The topological polar surface area (TPSA) is 34.1 Å². The van der Waals surface area contributed by atoms with Gasteiger partial charge in [0.15, 0.2) is 11.6 Å². The lowest BCUT2D eigenvalue weighted by Gasteiger charge is -2.08. The van der Waals surface area contributed by atoms with Crippen LogP contribution in [0.3, 0.4) is 0 Å². The number of carbonyl (C=O) groups is 2. The third-order valence-electron chi connectivity index (χ3n) is 4.64. The van der Waals surface area contributed by atoms with Crippen molar-refractivity contribution in [2.45, 2.75) is 30.6 Å². The van der Waals surface area contributed by atoms with Crippen LogP contribution in [0, 0.1) is 0 Å². The van der Waals surface area contributed by atoms with Gasteiger partial charge in [0.1, 0.15) is 0 Å². The molecule has 0 saturated carbocycles. The first-order valence-corrected chi connectivity index (χ1v) is 10.7. The van der Waals surface area contributed by atoms with Crippen LogP contribution in [0.5, 0.6) is 0 Å². The monoisotopic (exact) mass is 400 g/mol. The van der Waals surface area contributed by atoms with Gasteiger partial charge >= 0.3 is 0 Å². The Hall–Kier alpha value is -2.91. The molecule has 0 bridgehead atoms. The molecule has 0 atom stereocenters. The number of benzene rings is 3. The number of carbonyl (C=O) groups excluding carboxylic acids is 2. The normalized spacial score (nSPS) is 10.3. The number of allylic oxidation sites excluding steroid dienone is 1. The zero-order valence-corrected chi connectivity index (χ0v) is 17.1. The smallest absolute Gasteiger partial charge is 0.163 e. The average Bonchev–Trinajstić information content (AvgIpc) is 2.80. The second-order valence-electron chi connectivity index (χ2n) is 6.79. The summed E-state index contributed by atoms with van der Waals surface area (Å²) in [6, 6.07) is 28.9. The van der Waals surface area contributed by atoms with Gasteiger partial charge in [-0.15, -0.1) is 0 Å². The summed E-state index contributed by atoms with van der Waals surface area (Å²) in [6.45, 7) is 0.